The van der Waals surface area contributed by atoms with Gasteiger partial charge >= 0.3 is 0 Å². The molecular formula is C8H15ClO3. The Labute approximate surface area is 77.9 Å². The lowest BCUT2D eigenvalue weighted by Gasteiger charge is -2.39. The van der Waals surface area contributed by atoms with Crippen LogP contribution in [0.5, 0.6) is 0 Å². The summed E-state index contributed by atoms with van der Waals surface area (Å²) >= 11 is 5.92. The van der Waals surface area contributed by atoms with Crippen LogP contribution in [0.2, 0.25) is 0 Å². The summed E-state index contributed by atoms with van der Waals surface area (Å²) in [7, 11) is 3.33. The Balaban J connectivity index is 2.12. The topological polar surface area (TPSA) is 27.7 Å². The Hall–Kier alpha value is 0.170. The predicted octanol–water partition coefficient (Wildman–Crippen LogP) is 1.04. The maximum Gasteiger partial charge on any atom is 0.100 e. The first-order chi connectivity index (χ1) is 5.79. The zero-order valence-corrected chi connectivity index (χ0v) is 8.21. The maximum atomic E-state index is 5.92. The van der Waals surface area contributed by atoms with Gasteiger partial charge in [0.25, 0.3) is 0 Å². The van der Waals surface area contributed by atoms with Gasteiger partial charge < -0.3 is 14.2 Å². The summed E-state index contributed by atoms with van der Waals surface area (Å²) in [5.74, 6) is 0. The minimum atomic E-state index is 0.0480. The molecule has 0 amide bonds. The fourth-order valence-corrected chi connectivity index (χ4v) is 1.65. The number of halogens is 1. The monoisotopic (exact) mass is 194 g/mol. The van der Waals surface area contributed by atoms with E-state index in [0.29, 0.717) is 13.2 Å². The number of hydrogen-bond donors (Lipinski definition) is 0. The highest BCUT2D eigenvalue weighted by Gasteiger charge is 2.40. The molecule has 3 unspecified atom stereocenters. The van der Waals surface area contributed by atoms with Crippen molar-refractivity contribution >= 4 is 11.6 Å². The number of alkyl halides is 1. The van der Waals surface area contributed by atoms with Crippen molar-refractivity contribution in [3.05, 3.63) is 0 Å². The summed E-state index contributed by atoms with van der Waals surface area (Å²) in [5, 5.41) is 0.104. The van der Waals surface area contributed by atoms with Crippen LogP contribution in [-0.4, -0.2) is 45.0 Å². The molecule has 1 rings (SSSR count). The van der Waals surface area contributed by atoms with Gasteiger partial charge in [0.1, 0.15) is 6.10 Å². The quantitative estimate of drug-likeness (QED) is 0.484. The number of rotatable bonds is 5. The minimum Gasteiger partial charge on any atom is -0.382 e. The largest absolute Gasteiger partial charge is 0.382 e. The summed E-state index contributed by atoms with van der Waals surface area (Å²) in [5.41, 5.74) is 0. The standard InChI is InChI=1S/C8H15ClO3/c1-10-3-4-12-8-6(9)5-7(8)11-2/h6-8H,3-5H2,1-2H3. The molecule has 0 N–H and O–H groups in total. The summed E-state index contributed by atoms with van der Waals surface area (Å²) < 4.78 is 15.5. The molecule has 1 aliphatic rings. The Morgan fingerprint density at radius 2 is 2.08 bits per heavy atom. The molecule has 1 aliphatic carbocycles. The van der Waals surface area contributed by atoms with Crippen molar-refractivity contribution in [2.24, 2.45) is 0 Å². The lowest BCUT2D eigenvalue weighted by molar-refractivity contribution is -0.116. The average molecular weight is 195 g/mol. The van der Waals surface area contributed by atoms with Gasteiger partial charge in [0.05, 0.1) is 24.7 Å². The number of hydrogen-bond acceptors (Lipinski definition) is 3. The molecule has 1 saturated carbocycles. The van der Waals surface area contributed by atoms with Crippen LogP contribution in [-0.2, 0) is 14.2 Å². The molecule has 12 heavy (non-hydrogen) atoms. The van der Waals surface area contributed by atoms with Gasteiger partial charge in [0.15, 0.2) is 0 Å². The van der Waals surface area contributed by atoms with Crippen molar-refractivity contribution in [3.8, 4) is 0 Å². The fraction of sp³-hybridized carbons (Fsp3) is 1.00. The van der Waals surface area contributed by atoms with Gasteiger partial charge in [-0.25, -0.2) is 0 Å². The molecule has 0 spiro atoms. The highest BCUT2D eigenvalue weighted by atomic mass is 35.5. The van der Waals surface area contributed by atoms with Crippen LogP contribution in [0.3, 0.4) is 0 Å². The Kier molecular flexibility index (Phi) is 4.29. The minimum absolute atomic E-state index is 0.0480. The van der Waals surface area contributed by atoms with Crippen LogP contribution >= 0.6 is 11.6 Å². The summed E-state index contributed by atoms with van der Waals surface area (Å²) in [4.78, 5) is 0. The van der Waals surface area contributed by atoms with Gasteiger partial charge in [-0.05, 0) is 6.42 Å². The molecule has 72 valence electrons. The molecule has 3 atom stereocenters. The van der Waals surface area contributed by atoms with E-state index in [1.165, 1.54) is 0 Å². The van der Waals surface area contributed by atoms with Crippen molar-refractivity contribution in [2.45, 2.75) is 24.0 Å². The first-order valence-corrected chi connectivity index (χ1v) is 4.50. The normalized spacial score (nSPS) is 34.8. The molecule has 0 aliphatic heterocycles. The number of methoxy groups -OCH3 is 2. The SMILES string of the molecule is COCCOC1C(Cl)CC1OC. The van der Waals surface area contributed by atoms with Crippen LogP contribution in [0.4, 0.5) is 0 Å². The first kappa shape index (κ1) is 10.3. The van der Waals surface area contributed by atoms with E-state index >= 15 is 0 Å². The van der Waals surface area contributed by atoms with Crippen LogP contribution < -0.4 is 0 Å². The second-order valence-corrected chi connectivity index (χ2v) is 3.41. The van der Waals surface area contributed by atoms with E-state index in [9.17, 15) is 0 Å². The second kappa shape index (κ2) is 5.02. The lowest BCUT2D eigenvalue weighted by atomic mass is 9.91. The van der Waals surface area contributed by atoms with E-state index in [-0.39, 0.29) is 17.6 Å². The molecular weight excluding hydrogens is 180 g/mol. The predicted molar refractivity (Wildman–Crippen MR) is 46.7 cm³/mol. The third-order valence-electron chi connectivity index (χ3n) is 2.08. The molecule has 0 aromatic rings. The van der Waals surface area contributed by atoms with Gasteiger partial charge in [-0.3, -0.25) is 0 Å². The van der Waals surface area contributed by atoms with Crippen LogP contribution in [0.1, 0.15) is 6.42 Å². The zero-order chi connectivity index (χ0) is 8.97. The van der Waals surface area contributed by atoms with Crippen molar-refractivity contribution in [3.63, 3.8) is 0 Å². The molecule has 0 radical (unpaired) electrons. The van der Waals surface area contributed by atoms with Crippen LogP contribution in [0.15, 0.2) is 0 Å². The van der Waals surface area contributed by atoms with Crippen molar-refractivity contribution in [1.29, 1.82) is 0 Å². The van der Waals surface area contributed by atoms with Crippen LogP contribution in [0, 0.1) is 0 Å². The van der Waals surface area contributed by atoms with Gasteiger partial charge in [0, 0.05) is 14.2 Å². The Morgan fingerprint density at radius 1 is 1.33 bits per heavy atom. The Bertz CT molecular complexity index is 131. The summed E-state index contributed by atoms with van der Waals surface area (Å²) in [6.45, 7) is 1.20. The number of ether oxygens (including phenoxy) is 3. The first-order valence-electron chi connectivity index (χ1n) is 4.07. The fourth-order valence-electron chi connectivity index (χ4n) is 1.24. The lowest BCUT2D eigenvalue weighted by Crippen LogP contribution is -2.50. The highest BCUT2D eigenvalue weighted by molar-refractivity contribution is 6.21. The summed E-state index contributed by atoms with van der Waals surface area (Å²) in [6, 6.07) is 0. The molecule has 0 bridgehead atoms. The zero-order valence-electron chi connectivity index (χ0n) is 7.46. The maximum absolute atomic E-state index is 5.92. The smallest absolute Gasteiger partial charge is 0.100 e. The molecule has 4 heteroatoms. The molecule has 0 aromatic heterocycles. The van der Waals surface area contributed by atoms with E-state index in [4.69, 9.17) is 25.8 Å². The third-order valence-corrected chi connectivity index (χ3v) is 2.51. The molecule has 3 nitrogen and oxygen atoms in total. The van der Waals surface area contributed by atoms with Crippen molar-refractivity contribution in [1.82, 2.24) is 0 Å². The Morgan fingerprint density at radius 3 is 2.58 bits per heavy atom. The molecule has 0 aromatic carbocycles. The highest BCUT2D eigenvalue weighted by Crippen LogP contribution is 2.31. The van der Waals surface area contributed by atoms with Crippen molar-refractivity contribution < 1.29 is 14.2 Å². The second-order valence-electron chi connectivity index (χ2n) is 2.85. The van der Waals surface area contributed by atoms with E-state index < -0.39 is 0 Å². The van der Waals surface area contributed by atoms with Crippen molar-refractivity contribution in [2.75, 3.05) is 27.4 Å². The van der Waals surface area contributed by atoms with Crippen LogP contribution in [0.25, 0.3) is 0 Å². The summed E-state index contributed by atoms with van der Waals surface area (Å²) in [6.07, 6.45) is 1.10. The third kappa shape index (κ3) is 2.33. The van der Waals surface area contributed by atoms with E-state index in [2.05, 4.69) is 0 Å². The van der Waals surface area contributed by atoms with Gasteiger partial charge in [0.2, 0.25) is 0 Å². The van der Waals surface area contributed by atoms with E-state index in [1.807, 2.05) is 0 Å². The molecule has 1 fully saturated rings. The molecule has 0 saturated heterocycles. The van der Waals surface area contributed by atoms with E-state index in [1.54, 1.807) is 14.2 Å². The average Bonchev–Trinajstić information content (AvgIpc) is 2.08. The van der Waals surface area contributed by atoms with Gasteiger partial charge in [-0.2, -0.15) is 0 Å². The van der Waals surface area contributed by atoms with E-state index in [0.717, 1.165) is 6.42 Å². The molecule has 0 heterocycles. The van der Waals surface area contributed by atoms with Gasteiger partial charge in [-0.15, -0.1) is 11.6 Å². The van der Waals surface area contributed by atoms with Gasteiger partial charge in [-0.1, -0.05) is 0 Å².